The molecule has 12 heavy (non-hydrogen) atoms. The van der Waals surface area contributed by atoms with Gasteiger partial charge in [0.05, 0.1) is 11.7 Å². The topological polar surface area (TPSA) is 9.23 Å². The van der Waals surface area contributed by atoms with Crippen molar-refractivity contribution in [2.24, 2.45) is 0 Å². The monoisotopic (exact) mass is 161 g/mol. The molecular formula is C11H13O. The van der Waals surface area contributed by atoms with Crippen LogP contribution in [0.4, 0.5) is 0 Å². The molecule has 0 aromatic heterocycles. The molecule has 2 rings (SSSR count). The predicted molar refractivity (Wildman–Crippen MR) is 47.8 cm³/mol. The molecule has 1 atom stereocenters. The normalized spacial score (nSPS) is 25.4. The van der Waals surface area contributed by atoms with E-state index in [-0.39, 0.29) is 11.7 Å². The van der Waals surface area contributed by atoms with Gasteiger partial charge in [-0.3, -0.25) is 0 Å². The highest BCUT2D eigenvalue weighted by Crippen LogP contribution is 2.41. The van der Waals surface area contributed by atoms with Crippen LogP contribution in [0.25, 0.3) is 0 Å². The molecule has 1 aromatic carbocycles. The molecule has 0 bridgehead atoms. The second kappa shape index (κ2) is 2.33. The van der Waals surface area contributed by atoms with E-state index >= 15 is 0 Å². The fourth-order valence-electron chi connectivity index (χ4n) is 1.88. The second-order valence-electron chi connectivity index (χ2n) is 3.77. The van der Waals surface area contributed by atoms with Crippen LogP contribution in [0.1, 0.15) is 38.0 Å². The Morgan fingerprint density at radius 3 is 2.92 bits per heavy atom. The molecule has 1 unspecified atom stereocenters. The molecule has 0 fully saturated rings. The van der Waals surface area contributed by atoms with Gasteiger partial charge >= 0.3 is 0 Å². The van der Waals surface area contributed by atoms with Gasteiger partial charge in [-0.05, 0) is 38.0 Å². The lowest BCUT2D eigenvalue weighted by Gasteiger charge is -2.19. The number of rotatable bonds is 0. The van der Waals surface area contributed by atoms with Crippen LogP contribution >= 0.6 is 0 Å². The van der Waals surface area contributed by atoms with Crippen LogP contribution in [0.3, 0.4) is 0 Å². The minimum atomic E-state index is -0.132. The van der Waals surface area contributed by atoms with Crippen LogP contribution in [-0.2, 0) is 10.3 Å². The highest BCUT2D eigenvalue weighted by atomic mass is 16.5. The third-order valence-electron chi connectivity index (χ3n) is 2.41. The summed E-state index contributed by atoms with van der Waals surface area (Å²) in [6, 6.07) is 9.31. The molecule has 0 saturated carbocycles. The number of hydrogen-bond acceptors (Lipinski definition) is 1. The Kier molecular flexibility index (Phi) is 1.52. The van der Waals surface area contributed by atoms with Gasteiger partial charge in [0.1, 0.15) is 0 Å². The number of ether oxygens (including phenoxy) is 1. The van der Waals surface area contributed by atoms with E-state index in [1.807, 2.05) is 12.1 Å². The lowest BCUT2D eigenvalue weighted by molar-refractivity contribution is -0.0435. The molecule has 1 radical (unpaired) electrons. The van der Waals surface area contributed by atoms with Crippen molar-refractivity contribution in [1.82, 2.24) is 0 Å². The summed E-state index contributed by atoms with van der Waals surface area (Å²) in [5.41, 5.74) is 2.35. The Morgan fingerprint density at radius 1 is 1.50 bits per heavy atom. The van der Waals surface area contributed by atoms with Gasteiger partial charge in [0.15, 0.2) is 0 Å². The van der Waals surface area contributed by atoms with E-state index in [9.17, 15) is 0 Å². The maximum Gasteiger partial charge on any atom is 0.0887 e. The average Bonchev–Trinajstić information content (AvgIpc) is 2.25. The second-order valence-corrected chi connectivity index (χ2v) is 3.77. The van der Waals surface area contributed by atoms with Crippen molar-refractivity contribution in [2.45, 2.75) is 32.5 Å². The van der Waals surface area contributed by atoms with Crippen LogP contribution in [-0.4, -0.2) is 0 Å². The van der Waals surface area contributed by atoms with E-state index in [2.05, 4.69) is 32.9 Å². The van der Waals surface area contributed by atoms with Gasteiger partial charge in [-0.2, -0.15) is 0 Å². The van der Waals surface area contributed by atoms with Crippen molar-refractivity contribution in [3.8, 4) is 0 Å². The minimum Gasteiger partial charge on any atom is -0.363 e. The fraction of sp³-hybridized carbons (Fsp3) is 0.455. The molecule has 63 valence electrons. The molecule has 0 spiro atoms. The zero-order valence-electron chi connectivity index (χ0n) is 7.72. The van der Waals surface area contributed by atoms with Crippen molar-refractivity contribution in [2.75, 3.05) is 0 Å². The Labute approximate surface area is 73.4 Å². The maximum absolute atomic E-state index is 5.79. The Hall–Kier alpha value is -0.820. The van der Waals surface area contributed by atoms with Crippen molar-refractivity contribution < 1.29 is 4.74 Å². The van der Waals surface area contributed by atoms with E-state index in [4.69, 9.17) is 4.74 Å². The third-order valence-corrected chi connectivity index (χ3v) is 2.41. The van der Waals surface area contributed by atoms with Gasteiger partial charge in [-0.25, -0.2) is 0 Å². The van der Waals surface area contributed by atoms with E-state index in [1.165, 1.54) is 11.1 Å². The number of fused-ring (bicyclic) bond motifs is 1. The lowest BCUT2D eigenvalue weighted by Crippen LogP contribution is -2.14. The van der Waals surface area contributed by atoms with E-state index in [0.717, 1.165) is 0 Å². The standard InChI is InChI=1S/C11H13O/c1-8-9-6-4-5-7-10(9)11(2,3)12-8/h4-5,7-8H,1-3H3. The third kappa shape index (κ3) is 0.969. The van der Waals surface area contributed by atoms with Gasteiger partial charge in [-0.1, -0.05) is 18.2 Å². The minimum absolute atomic E-state index is 0.132. The van der Waals surface area contributed by atoms with Crippen molar-refractivity contribution in [1.29, 1.82) is 0 Å². The first-order valence-corrected chi connectivity index (χ1v) is 4.30. The molecule has 0 amide bonds. The lowest BCUT2D eigenvalue weighted by atomic mass is 9.95. The summed E-state index contributed by atoms with van der Waals surface area (Å²) in [4.78, 5) is 0. The Bertz CT molecular complexity index is 302. The fourth-order valence-corrected chi connectivity index (χ4v) is 1.88. The first-order valence-electron chi connectivity index (χ1n) is 4.30. The molecule has 1 heterocycles. The summed E-state index contributed by atoms with van der Waals surface area (Å²) < 4.78 is 5.79. The van der Waals surface area contributed by atoms with E-state index in [1.54, 1.807) is 0 Å². The van der Waals surface area contributed by atoms with Gasteiger partial charge in [0, 0.05) is 0 Å². The first-order chi connectivity index (χ1) is 5.61. The molecule has 1 heteroatoms. The van der Waals surface area contributed by atoms with Gasteiger partial charge < -0.3 is 4.74 Å². The molecule has 0 N–H and O–H groups in total. The molecule has 1 aliphatic rings. The van der Waals surface area contributed by atoms with Gasteiger partial charge in [0.25, 0.3) is 0 Å². The highest BCUT2D eigenvalue weighted by Gasteiger charge is 2.34. The quantitative estimate of drug-likeness (QED) is 0.568. The summed E-state index contributed by atoms with van der Waals surface area (Å²) >= 11 is 0. The first kappa shape index (κ1) is 7.81. The van der Waals surface area contributed by atoms with E-state index in [0.29, 0.717) is 0 Å². The summed E-state index contributed by atoms with van der Waals surface area (Å²) in [6.07, 6.45) is 0.191. The Balaban J connectivity index is 2.58. The summed E-state index contributed by atoms with van der Waals surface area (Å²) in [7, 11) is 0. The van der Waals surface area contributed by atoms with Crippen molar-refractivity contribution in [3.05, 3.63) is 35.4 Å². The van der Waals surface area contributed by atoms with Crippen molar-refractivity contribution in [3.63, 3.8) is 0 Å². The van der Waals surface area contributed by atoms with Gasteiger partial charge in [0.2, 0.25) is 0 Å². The van der Waals surface area contributed by atoms with Crippen molar-refractivity contribution >= 4 is 0 Å². The summed E-state index contributed by atoms with van der Waals surface area (Å²) in [5.74, 6) is 0. The zero-order chi connectivity index (χ0) is 8.77. The van der Waals surface area contributed by atoms with E-state index < -0.39 is 0 Å². The average molecular weight is 161 g/mol. The van der Waals surface area contributed by atoms with Gasteiger partial charge in [-0.15, -0.1) is 0 Å². The molecule has 1 nitrogen and oxygen atoms in total. The molecule has 1 aliphatic heterocycles. The van der Waals surface area contributed by atoms with Crippen LogP contribution in [0.15, 0.2) is 18.2 Å². The largest absolute Gasteiger partial charge is 0.363 e. The molecule has 0 saturated heterocycles. The van der Waals surface area contributed by atoms with Crippen LogP contribution < -0.4 is 0 Å². The SMILES string of the molecule is CC1OC(C)(C)c2ccc[c]c21. The van der Waals surface area contributed by atoms with Crippen LogP contribution in [0.2, 0.25) is 0 Å². The number of hydrogen-bond donors (Lipinski definition) is 0. The zero-order valence-corrected chi connectivity index (χ0v) is 7.72. The van der Waals surface area contributed by atoms with Crippen LogP contribution in [0.5, 0.6) is 0 Å². The smallest absolute Gasteiger partial charge is 0.0887 e. The Morgan fingerprint density at radius 2 is 2.25 bits per heavy atom. The predicted octanol–water partition coefficient (Wildman–Crippen LogP) is 2.81. The maximum atomic E-state index is 5.79. The van der Waals surface area contributed by atoms with Crippen LogP contribution in [0, 0.1) is 6.07 Å². The molecular weight excluding hydrogens is 148 g/mol. The number of benzene rings is 1. The molecule has 1 aromatic rings. The molecule has 0 aliphatic carbocycles. The summed E-state index contributed by atoms with van der Waals surface area (Å²) in [5, 5.41) is 0. The highest BCUT2D eigenvalue weighted by molar-refractivity contribution is 5.35. The summed E-state index contributed by atoms with van der Waals surface area (Å²) in [6.45, 7) is 6.27.